The van der Waals surface area contributed by atoms with Crippen molar-refractivity contribution in [1.82, 2.24) is 16.0 Å². The molecule has 0 radical (unpaired) electrons. The second-order valence-electron chi connectivity index (χ2n) is 12.0. The molecule has 2 aromatic rings. The maximum atomic E-state index is 13.1. The van der Waals surface area contributed by atoms with Crippen molar-refractivity contribution in [3.63, 3.8) is 0 Å². The number of hydrogen-bond donors (Lipinski definition) is 4. The van der Waals surface area contributed by atoms with Gasteiger partial charge in [-0.05, 0) is 74.6 Å². The topological polar surface area (TPSA) is 143 Å². The fraction of sp³-hybridized carbons (Fsp3) is 0.500. The highest BCUT2D eigenvalue weighted by Crippen LogP contribution is 2.44. The van der Waals surface area contributed by atoms with E-state index in [4.69, 9.17) is 9.47 Å². The molecule has 3 amide bonds. The molecular formula is C32H43N3O7. The fourth-order valence-electron chi connectivity index (χ4n) is 4.99. The van der Waals surface area contributed by atoms with Crippen LogP contribution in [-0.2, 0) is 19.1 Å². The summed E-state index contributed by atoms with van der Waals surface area (Å²) in [5.74, 6) is -1.83. The number of alkyl carbamates (subject to hydrolysis) is 2. The van der Waals surface area contributed by atoms with Gasteiger partial charge in [0.15, 0.2) is 0 Å². The van der Waals surface area contributed by atoms with Crippen LogP contribution in [-0.4, -0.2) is 60.0 Å². The van der Waals surface area contributed by atoms with Crippen molar-refractivity contribution in [3.8, 4) is 11.1 Å². The fourth-order valence-corrected chi connectivity index (χ4v) is 4.99. The van der Waals surface area contributed by atoms with Crippen molar-refractivity contribution in [3.05, 3.63) is 59.7 Å². The van der Waals surface area contributed by atoms with Crippen LogP contribution in [0.4, 0.5) is 9.59 Å². The number of ether oxygens (including phenoxy) is 2. The van der Waals surface area contributed by atoms with Gasteiger partial charge in [-0.25, -0.2) is 14.4 Å². The van der Waals surface area contributed by atoms with E-state index in [0.717, 1.165) is 22.3 Å². The van der Waals surface area contributed by atoms with Crippen LogP contribution < -0.4 is 16.0 Å². The Morgan fingerprint density at radius 3 is 2.00 bits per heavy atom. The lowest BCUT2D eigenvalue weighted by Gasteiger charge is -2.23. The zero-order valence-corrected chi connectivity index (χ0v) is 25.1. The summed E-state index contributed by atoms with van der Waals surface area (Å²) in [5, 5.41) is 17.5. The average Bonchev–Trinajstić information content (AvgIpc) is 3.23. The van der Waals surface area contributed by atoms with E-state index in [0.29, 0.717) is 25.8 Å². The number of carboxylic acid groups (broad SMARTS) is 1. The summed E-state index contributed by atoms with van der Waals surface area (Å²) in [7, 11) is 0. The average molecular weight is 582 g/mol. The number of carboxylic acids is 1. The second kappa shape index (κ2) is 14.7. The molecule has 1 aliphatic carbocycles. The van der Waals surface area contributed by atoms with Gasteiger partial charge in [-0.15, -0.1) is 0 Å². The molecule has 0 aromatic heterocycles. The largest absolute Gasteiger partial charge is 0.480 e. The third kappa shape index (κ3) is 9.49. The van der Waals surface area contributed by atoms with Gasteiger partial charge in [0.25, 0.3) is 0 Å². The SMILES string of the molecule is CC(C)C[C@H](NC(=O)OCC1c2ccccc2-c2ccccc21)C(=O)N[C@@H](CCCCNC(=O)OC(C)(C)C)C(=O)O. The molecule has 0 saturated heterocycles. The zero-order valence-electron chi connectivity index (χ0n) is 25.1. The number of hydrogen-bond acceptors (Lipinski definition) is 6. The van der Waals surface area contributed by atoms with Crippen molar-refractivity contribution in [2.45, 2.75) is 83.9 Å². The van der Waals surface area contributed by atoms with Gasteiger partial charge in [0.05, 0.1) is 0 Å². The van der Waals surface area contributed by atoms with Crippen LogP contribution in [0.1, 0.15) is 77.3 Å². The van der Waals surface area contributed by atoms with Gasteiger partial charge in [-0.1, -0.05) is 62.4 Å². The van der Waals surface area contributed by atoms with E-state index in [9.17, 15) is 24.3 Å². The molecule has 0 saturated carbocycles. The molecule has 2 aromatic carbocycles. The Morgan fingerprint density at radius 2 is 1.45 bits per heavy atom. The molecule has 0 unspecified atom stereocenters. The molecule has 228 valence electrons. The van der Waals surface area contributed by atoms with E-state index < -0.39 is 41.7 Å². The monoisotopic (exact) mass is 581 g/mol. The summed E-state index contributed by atoms with van der Waals surface area (Å²) < 4.78 is 10.8. The van der Waals surface area contributed by atoms with Crippen molar-refractivity contribution < 1.29 is 33.8 Å². The summed E-state index contributed by atoms with van der Waals surface area (Å²) in [5.41, 5.74) is 3.77. The highest BCUT2D eigenvalue weighted by Gasteiger charge is 2.31. The minimum atomic E-state index is -1.17. The smallest absolute Gasteiger partial charge is 0.407 e. The maximum Gasteiger partial charge on any atom is 0.407 e. The Bertz CT molecular complexity index is 1210. The van der Waals surface area contributed by atoms with E-state index >= 15 is 0 Å². The van der Waals surface area contributed by atoms with E-state index in [1.807, 2.05) is 62.4 Å². The molecule has 1 aliphatic rings. The molecule has 10 heteroatoms. The normalized spacial score (nSPS) is 13.9. The summed E-state index contributed by atoms with van der Waals surface area (Å²) in [6.45, 7) is 9.53. The van der Waals surface area contributed by atoms with Crippen LogP contribution in [0.5, 0.6) is 0 Å². The number of unbranched alkanes of at least 4 members (excludes halogenated alkanes) is 1. The zero-order chi connectivity index (χ0) is 30.9. The van der Waals surface area contributed by atoms with Crippen LogP contribution in [0, 0.1) is 5.92 Å². The molecule has 0 heterocycles. The molecule has 2 atom stereocenters. The lowest BCUT2D eigenvalue weighted by Crippen LogP contribution is -2.52. The van der Waals surface area contributed by atoms with Gasteiger partial charge >= 0.3 is 18.2 Å². The van der Waals surface area contributed by atoms with E-state index in [1.165, 1.54) is 0 Å². The second-order valence-corrected chi connectivity index (χ2v) is 12.0. The first-order valence-electron chi connectivity index (χ1n) is 14.5. The molecule has 4 N–H and O–H groups in total. The molecular weight excluding hydrogens is 538 g/mol. The highest BCUT2D eigenvalue weighted by atomic mass is 16.6. The van der Waals surface area contributed by atoms with Crippen molar-refractivity contribution in [2.24, 2.45) is 5.92 Å². The molecule has 0 aliphatic heterocycles. The predicted molar refractivity (Wildman–Crippen MR) is 159 cm³/mol. The van der Waals surface area contributed by atoms with Gasteiger partial charge in [-0.2, -0.15) is 0 Å². The third-order valence-corrected chi connectivity index (χ3v) is 6.86. The number of carbonyl (C=O) groups is 4. The predicted octanol–water partition coefficient (Wildman–Crippen LogP) is 5.20. The summed E-state index contributed by atoms with van der Waals surface area (Å²) in [6.07, 6.45) is 0.145. The number of aliphatic carboxylic acids is 1. The standard InChI is InChI=1S/C32H43N3O7/c1-20(2)18-27(28(36)34-26(29(37)38)16-10-11-17-33-30(39)42-32(3,4)5)35-31(40)41-19-25-23-14-8-6-12-21(23)22-13-7-9-15-24(22)25/h6-9,12-15,20,25-27H,10-11,16-19H2,1-5H3,(H,33,39)(H,34,36)(H,35,40)(H,37,38)/t26-,27-/m0/s1. The Balaban J connectivity index is 1.53. The number of carbonyl (C=O) groups excluding carboxylic acids is 3. The maximum absolute atomic E-state index is 13.1. The van der Waals surface area contributed by atoms with Crippen LogP contribution in [0.15, 0.2) is 48.5 Å². The number of nitrogens with one attached hydrogen (secondary N) is 3. The number of benzene rings is 2. The van der Waals surface area contributed by atoms with E-state index in [1.54, 1.807) is 20.8 Å². The molecule has 0 fully saturated rings. The minimum absolute atomic E-state index is 0.0526. The van der Waals surface area contributed by atoms with E-state index in [-0.39, 0.29) is 24.9 Å². The van der Waals surface area contributed by atoms with Gasteiger partial charge in [-0.3, -0.25) is 4.79 Å². The molecule has 10 nitrogen and oxygen atoms in total. The number of fused-ring (bicyclic) bond motifs is 3. The van der Waals surface area contributed by atoms with Crippen LogP contribution in [0.2, 0.25) is 0 Å². The van der Waals surface area contributed by atoms with Crippen LogP contribution >= 0.6 is 0 Å². The highest BCUT2D eigenvalue weighted by molar-refractivity contribution is 5.89. The minimum Gasteiger partial charge on any atom is -0.480 e. The molecule has 0 bridgehead atoms. The first-order chi connectivity index (χ1) is 19.9. The summed E-state index contributed by atoms with van der Waals surface area (Å²) >= 11 is 0. The lowest BCUT2D eigenvalue weighted by molar-refractivity contribution is -0.142. The molecule has 3 rings (SSSR count). The Hall–Kier alpha value is -4.08. The number of rotatable bonds is 13. The summed E-state index contributed by atoms with van der Waals surface area (Å²) in [6, 6.07) is 13.9. The van der Waals surface area contributed by atoms with Gasteiger partial charge in [0.2, 0.25) is 5.91 Å². The molecule has 42 heavy (non-hydrogen) atoms. The third-order valence-electron chi connectivity index (χ3n) is 6.86. The van der Waals surface area contributed by atoms with Crippen molar-refractivity contribution >= 4 is 24.1 Å². The first-order valence-corrected chi connectivity index (χ1v) is 14.5. The van der Waals surface area contributed by atoms with E-state index in [2.05, 4.69) is 16.0 Å². The van der Waals surface area contributed by atoms with Crippen molar-refractivity contribution in [1.29, 1.82) is 0 Å². The van der Waals surface area contributed by atoms with Crippen molar-refractivity contribution in [2.75, 3.05) is 13.2 Å². The summed E-state index contributed by atoms with van der Waals surface area (Å²) in [4.78, 5) is 49.6. The number of amides is 3. The Morgan fingerprint density at radius 1 is 0.857 bits per heavy atom. The quantitative estimate of drug-likeness (QED) is 0.238. The van der Waals surface area contributed by atoms with Gasteiger partial charge in [0, 0.05) is 12.5 Å². The van der Waals surface area contributed by atoms with Gasteiger partial charge in [0.1, 0.15) is 24.3 Å². The first kappa shape index (κ1) is 32.4. The van der Waals surface area contributed by atoms with Crippen LogP contribution in [0.3, 0.4) is 0 Å². The van der Waals surface area contributed by atoms with Gasteiger partial charge < -0.3 is 30.5 Å². The Kier molecular flexibility index (Phi) is 11.4. The van der Waals surface area contributed by atoms with Crippen LogP contribution in [0.25, 0.3) is 11.1 Å². The molecule has 0 spiro atoms. The Labute approximate surface area is 247 Å². The lowest BCUT2D eigenvalue weighted by atomic mass is 9.98.